The lowest BCUT2D eigenvalue weighted by Crippen LogP contribution is -2.48. The first-order valence-electron chi connectivity index (χ1n) is 12.7. The number of rotatable bonds is 6. The van der Waals surface area contributed by atoms with Gasteiger partial charge in [0.15, 0.2) is 5.60 Å². The molecule has 192 valence electrons. The van der Waals surface area contributed by atoms with E-state index in [9.17, 15) is 14.7 Å². The summed E-state index contributed by atoms with van der Waals surface area (Å²) < 4.78 is 22.1. The number of nitrogens with one attached hydrogen (secondary N) is 1. The Hall–Kier alpha value is -2.59. The molecule has 7 nitrogen and oxygen atoms in total. The molecule has 2 saturated heterocycles. The SMILES string of the molecule is C[C@H]1[C@H]([Si](C)(C)F)[C@@H](CCO)O[C@]12C(=O)N(Cc1cccc(N3CCNCC3=O)c1)c1ccccc12. The lowest BCUT2D eigenvalue weighted by molar-refractivity contribution is -0.146. The van der Waals surface area contributed by atoms with Gasteiger partial charge in [0, 0.05) is 42.4 Å². The van der Waals surface area contributed by atoms with E-state index in [0.29, 0.717) is 26.1 Å². The van der Waals surface area contributed by atoms with Crippen molar-refractivity contribution in [2.24, 2.45) is 5.92 Å². The minimum atomic E-state index is -3.21. The van der Waals surface area contributed by atoms with Gasteiger partial charge >= 0.3 is 0 Å². The summed E-state index contributed by atoms with van der Waals surface area (Å²) >= 11 is 0. The number of halogens is 1. The number of aliphatic hydroxyl groups excluding tert-OH is 1. The number of fused-ring (bicyclic) bond motifs is 2. The molecular weight excluding hydrogens is 477 g/mol. The summed E-state index contributed by atoms with van der Waals surface area (Å²) in [6, 6.07) is 15.3. The zero-order valence-electron chi connectivity index (χ0n) is 21.0. The van der Waals surface area contributed by atoms with Crippen LogP contribution >= 0.6 is 0 Å². The van der Waals surface area contributed by atoms with Crippen molar-refractivity contribution in [1.29, 1.82) is 0 Å². The monoisotopic (exact) mass is 511 g/mol. The summed E-state index contributed by atoms with van der Waals surface area (Å²) in [5, 5.41) is 12.8. The van der Waals surface area contributed by atoms with Crippen LogP contribution in [0.15, 0.2) is 48.5 Å². The van der Waals surface area contributed by atoms with Crippen molar-refractivity contribution >= 4 is 31.6 Å². The van der Waals surface area contributed by atoms with Crippen LogP contribution in [0.25, 0.3) is 0 Å². The molecule has 0 aromatic heterocycles. The fourth-order valence-corrected chi connectivity index (χ4v) is 8.98. The van der Waals surface area contributed by atoms with Crippen LogP contribution in [0.2, 0.25) is 18.6 Å². The third-order valence-corrected chi connectivity index (χ3v) is 10.4. The maximum Gasteiger partial charge on any atom is 0.264 e. The predicted molar refractivity (Wildman–Crippen MR) is 139 cm³/mol. The van der Waals surface area contributed by atoms with Crippen LogP contribution in [-0.4, -0.2) is 57.7 Å². The van der Waals surface area contributed by atoms with Crippen molar-refractivity contribution in [2.45, 2.75) is 50.2 Å². The van der Waals surface area contributed by atoms with Crippen LogP contribution in [-0.2, 0) is 26.5 Å². The van der Waals surface area contributed by atoms with Crippen molar-refractivity contribution in [3.05, 3.63) is 59.7 Å². The van der Waals surface area contributed by atoms with E-state index in [1.54, 1.807) is 22.9 Å². The summed E-state index contributed by atoms with van der Waals surface area (Å²) in [6.07, 6.45) is -0.219. The molecule has 36 heavy (non-hydrogen) atoms. The minimum Gasteiger partial charge on any atom is -0.396 e. The van der Waals surface area contributed by atoms with Crippen LogP contribution in [0.5, 0.6) is 0 Å². The number of carbonyl (C=O) groups excluding carboxylic acids is 2. The first-order chi connectivity index (χ1) is 17.2. The van der Waals surface area contributed by atoms with Crippen LogP contribution < -0.4 is 15.1 Å². The Morgan fingerprint density at radius 2 is 1.97 bits per heavy atom. The lowest BCUT2D eigenvalue weighted by atomic mass is 9.82. The molecule has 0 saturated carbocycles. The maximum atomic E-state index is 15.6. The van der Waals surface area contributed by atoms with Gasteiger partial charge in [-0.3, -0.25) is 9.59 Å². The second-order valence-corrected chi connectivity index (χ2v) is 14.4. The van der Waals surface area contributed by atoms with Crippen LogP contribution in [0.3, 0.4) is 0 Å². The quantitative estimate of drug-likeness (QED) is 0.459. The Labute approximate surface area is 212 Å². The van der Waals surface area contributed by atoms with Crippen molar-refractivity contribution in [3.8, 4) is 0 Å². The average Bonchev–Trinajstić information content (AvgIpc) is 3.27. The number of hydrogen-bond acceptors (Lipinski definition) is 5. The Morgan fingerprint density at radius 1 is 1.19 bits per heavy atom. The molecular formula is C27H34FN3O4Si. The zero-order valence-corrected chi connectivity index (χ0v) is 22.0. The van der Waals surface area contributed by atoms with Crippen molar-refractivity contribution in [2.75, 3.05) is 36.0 Å². The molecule has 0 aliphatic carbocycles. The molecule has 0 radical (unpaired) electrons. The highest BCUT2D eigenvalue weighted by Crippen LogP contribution is 2.60. The number of aliphatic hydroxyl groups is 1. The van der Waals surface area contributed by atoms with E-state index in [0.717, 1.165) is 29.0 Å². The van der Waals surface area contributed by atoms with E-state index in [-0.39, 0.29) is 24.3 Å². The molecule has 2 amide bonds. The summed E-state index contributed by atoms with van der Waals surface area (Å²) in [7, 11) is -3.21. The number of benzene rings is 2. The van der Waals surface area contributed by atoms with Crippen molar-refractivity contribution < 1.29 is 23.5 Å². The molecule has 2 fully saturated rings. The second-order valence-electron chi connectivity index (χ2n) is 10.6. The fraction of sp³-hybridized carbons (Fsp3) is 0.481. The molecule has 5 rings (SSSR count). The third-order valence-electron chi connectivity index (χ3n) is 7.93. The van der Waals surface area contributed by atoms with E-state index in [1.165, 1.54) is 0 Å². The van der Waals surface area contributed by atoms with E-state index in [1.807, 2.05) is 55.5 Å². The highest BCUT2D eigenvalue weighted by Gasteiger charge is 2.66. The summed E-state index contributed by atoms with van der Waals surface area (Å²) in [5.41, 5.74) is 1.55. The normalized spacial score (nSPS) is 28.3. The Balaban J connectivity index is 1.51. The summed E-state index contributed by atoms with van der Waals surface area (Å²) in [4.78, 5) is 30.1. The largest absolute Gasteiger partial charge is 0.396 e. The van der Waals surface area contributed by atoms with Gasteiger partial charge in [-0.25, -0.2) is 0 Å². The average molecular weight is 512 g/mol. The van der Waals surface area contributed by atoms with Gasteiger partial charge in [0.05, 0.1) is 24.9 Å². The standard InChI is InChI=1S/C27H34FN3O4Si/c1-18-25(36(2,3)28)23(11-14-32)35-27(18)21-9-4-5-10-22(21)31(26(27)34)17-19-7-6-8-20(15-19)30-13-12-29-16-24(30)33/h4-10,15,18,23,25,29,32H,11-14,16-17H2,1-3H3/t18-,23+,25-,27+/m0/s1. The second kappa shape index (κ2) is 9.37. The molecule has 2 aromatic carbocycles. The van der Waals surface area contributed by atoms with E-state index in [4.69, 9.17) is 4.74 Å². The van der Waals surface area contributed by atoms with Gasteiger partial charge in [-0.2, -0.15) is 0 Å². The van der Waals surface area contributed by atoms with Gasteiger partial charge in [0.1, 0.15) is 0 Å². The summed E-state index contributed by atoms with van der Waals surface area (Å²) in [5.74, 6) is -0.542. The molecule has 9 heteroatoms. The molecule has 2 aromatic rings. The van der Waals surface area contributed by atoms with Gasteiger partial charge in [0.2, 0.25) is 14.3 Å². The topological polar surface area (TPSA) is 82.1 Å². The Bertz CT molecular complexity index is 1170. The molecule has 1 spiro atoms. The van der Waals surface area contributed by atoms with E-state index < -0.39 is 25.7 Å². The number of carbonyl (C=O) groups is 2. The predicted octanol–water partition coefficient (Wildman–Crippen LogP) is 3.33. The van der Waals surface area contributed by atoms with Crippen LogP contribution in [0.1, 0.15) is 24.5 Å². The lowest BCUT2D eigenvalue weighted by Gasteiger charge is -2.31. The van der Waals surface area contributed by atoms with E-state index in [2.05, 4.69) is 5.32 Å². The molecule has 0 unspecified atom stereocenters. The fourth-order valence-electron chi connectivity index (χ4n) is 6.44. The number of nitrogens with zero attached hydrogens (tertiary/aromatic N) is 2. The minimum absolute atomic E-state index is 0.0205. The number of piperazine rings is 1. The van der Waals surface area contributed by atoms with Gasteiger partial charge < -0.3 is 29.1 Å². The van der Waals surface area contributed by atoms with Gasteiger partial charge in [0.25, 0.3) is 5.91 Å². The van der Waals surface area contributed by atoms with E-state index >= 15 is 4.11 Å². The van der Waals surface area contributed by atoms with Gasteiger partial charge in [-0.1, -0.05) is 37.3 Å². The number of hydrogen-bond donors (Lipinski definition) is 2. The highest BCUT2D eigenvalue weighted by molar-refractivity contribution is 6.72. The molecule has 3 aliphatic rings. The smallest absolute Gasteiger partial charge is 0.264 e. The highest BCUT2D eigenvalue weighted by atomic mass is 28.4. The number of amides is 2. The van der Waals surface area contributed by atoms with Crippen molar-refractivity contribution in [1.82, 2.24) is 5.32 Å². The number of para-hydroxylation sites is 1. The first-order valence-corrected chi connectivity index (χ1v) is 15.6. The number of anilines is 2. The molecule has 3 aliphatic heterocycles. The molecule has 2 N–H and O–H groups in total. The summed E-state index contributed by atoms with van der Waals surface area (Å²) in [6.45, 7) is 7.07. The van der Waals surface area contributed by atoms with Crippen LogP contribution in [0.4, 0.5) is 15.5 Å². The van der Waals surface area contributed by atoms with Gasteiger partial charge in [-0.05, 0) is 43.3 Å². The molecule has 4 atom stereocenters. The van der Waals surface area contributed by atoms with Crippen LogP contribution in [0, 0.1) is 5.92 Å². The maximum absolute atomic E-state index is 15.6. The van der Waals surface area contributed by atoms with Gasteiger partial charge in [-0.15, -0.1) is 0 Å². The molecule has 3 heterocycles. The van der Waals surface area contributed by atoms with Crippen molar-refractivity contribution in [3.63, 3.8) is 0 Å². The molecule has 0 bridgehead atoms. The number of ether oxygens (including phenoxy) is 1. The Kier molecular flexibility index (Phi) is 6.53. The third kappa shape index (κ3) is 3.98. The Morgan fingerprint density at radius 3 is 2.69 bits per heavy atom. The zero-order chi connectivity index (χ0) is 25.7. The first kappa shape index (κ1) is 25.1.